The third kappa shape index (κ3) is 2.05. The van der Waals surface area contributed by atoms with Gasteiger partial charge < -0.3 is 5.73 Å². The Morgan fingerprint density at radius 3 is 2.64 bits per heavy atom. The third-order valence-electron chi connectivity index (χ3n) is 3.32. The van der Waals surface area contributed by atoms with Crippen molar-refractivity contribution in [2.24, 2.45) is 0 Å². The zero-order valence-corrected chi connectivity index (χ0v) is 11.4. The molecule has 7 nitrogen and oxygen atoms in total. The average molecular weight is 289 g/mol. The van der Waals surface area contributed by atoms with Gasteiger partial charge in [-0.1, -0.05) is 30.3 Å². The van der Waals surface area contributed by atoms with Crippen LogP contribution in [0.4, 0.5) is 5.95 Å². The lowest BCUT2D eigenvalue weighted by Gasteiger charge is -2.07. The zero-order chi connectivity index (χ0) is 14.9. The fourth-order valence-corrected chi connectivity index (χ4v) is 2.30. The average Bonchev–Trinajstić information content (AvgIpc) is 3.03. The van der Waals surface area contributed by atoms with Crippen molar-refractivity contribution in [3.63, 3.8) is 0 Å². The third-order valence-corrected chi connectivity index (χ3v) is 3.32. The van der Waals surface area contributed by atoms with E-state index in [2.05, 4.69) is 30.4 Å². The summed E-state index contributed by atoms with van der Waals surface area (Å²) in [6, 6.07) is 11.7. The van der Waals surface area contributed by atoms with Crippen molar-refractivity contribution in [1.82, 2.24) is 30.4 Å². The molecule has 3 N–H and O–H groups in total. The predicted molar refractivity (Wildman–Crippen MR) is 82.6 cm³/mol. The molecule has 0 amide bonds. The number of rotatable bonds is 2. The second-order valence-electron chi connectivity index (χ2n) is 4.77. The van der Waals surface area contributed by atoms with Crippen molar-refractivity contribution in [2.45, 2.75) is 0 Å². The summed E-state index contributed by atoms with van der Waals surface area (Å²) < 4.78 is 0. The molecule has 0 unspecified atom stereocenters. The number of pyridine rings is 1. The number of hydrogen-bond donors (Lipinski definition) is 2. The van der Waals surface area contributed by atoms with E-state index >= 15 is 0 Å². The zero-order valence-electron chi connectivity index (χ0n) is 11.4. The Morgan fingerprint density at radius 2 is 1.77 bits per heavy atom. The fourth-order valence-electron chi connectivity index (χ4n) is 2.30. The van der Waals surface area contributed by atoms with Gasteiger partial charge in [0.2, 0.25) is 5.95 Å². The molecule has 3 heterocycles. The topological polar surface area (TPSA) is 106 Å². The van der Waals surface area contributed by atoms with Crippen LogP contribution in [0.2, 0.25) is 0 Å². The standard InChI is InChI=1S/C15H11N7/c16-15-19-12(9-4-2-1-3-5-9)13(20-22-15)10-6-11-8-18-21-14(11)17-7-10/h1-8H,(H2,16,19,22)(H,17,18,21). The molecule has 1 aromatic carbocycles. The van der Waals surface area contributed by atoms with E-state index in [4.69, 9.17) is 5.73 Å². The maximum atomic E-state index is 5.70. The van der Waals surface area contributed by atoms with Crippen molar-refractivity contribution < 1.29 is 0 Å². The minimum atomic E-state index is 0.139. The number of nitrogens with one attached hydrogen (secondary N) is 1. The molecule has 22 heavy (non-hydrogen) atoms. The SMILES string of the molecule is Nc1nnc(-c2cnc3[nH]ncc3c2)c(-c2ccccc2)n1. The van der Waals surface area contributed by atoms with Crippen molar-refractivity contribution in [2.75, 3.05) is 5.73 Å². The van der Waals surface area contributed by atoms with E-state index in [0.29, 0.717) is 11.4 Å². The number of benzene rings is 1. The van der Waals surface area contributed by atoms with E-state index in [9.17, 15) is 0 Å². The first-order chi connectivity index (χ1) is 10.8. The fraction of sp³-hybridized carbons (Fsp3) is 0. The number of H-pyrrole nitrogens is 1. The highest BCUT2D eigenvalue weighted by Gasteiger charge is 2.13. The number of aromatic amines is 1. The molecule has 0 aliphatic carbocycles. The molecule has 3 aromatic heterocycles. The summed E-state index contributed by atoms with van der Waals surface area (Å²) in [5.74, 6) is 0.139. The molecule has 0 spiro atoms. The molecule has 0 atom stereocenters. The summed E-state index contributed by atoms with van der Waals surface area (Å²) in [5.41, 5.74) is 9.47. The monoisotopic (exact) mass is 289 g/mol. The van der Waals surface area contributed by atoms with Crippen molar-refractivity contribution in [3.05, 3.63) is 48.8 Å². The Hall–Kier alpha value is -3.35. The van der Waals surface area contributed by atoms with Crippen LogP contribution in [0.1, 0.15) is 0 Å². The van der Waals surface area contributed by atoms with E-state index in [1.807, 2.05) is 36.4 Å². The highest BCUT2D eigenvalue weighted by atomic mass is 15.2. The van der Waals surface area contributed by atoms with Crippen LogP contribution < -0.4 is 5.73 Å². The van der Waals surface area contributed by atoms with Gasteiger partial charge in [0.15, 0.2) is 5.65 Å². The first-order valence-corrected chi connectivity index (χ1v) is 6.66. The largest absolute Gasteiger partial charge is 0.366 e. The lowest BCUT2D eigenvalue weighted by Crippen LogP contribution is -2.02. The normalized spacial score (nSPS) is 10.9. The molecule has 0 fully saturated rings. The molecule has 7 heteroatoms. The van der Waals surface area contributed by atoms with Crippen LogP contribution in [0.3, 0.4) is 0 Å². The van der Waals surface area contributed by atoms with Gasteiger partial charge in [-0.15, -0.1) is 10.2 Å². The van der Waals surface area contributed by atoms with E-state index < -0.39 is 0 Å². The van der Waals surface area contributed by atoms with Gasteiger partial charge >= 0.3 is 0 Å². The van der Waals surface area contributed by atoms with E-state index in [-0.39, 0.29) is 5.95 Å². The summed E-state index contributed by atoms with van der Waals surface area (Å²) in [4.78, 5) is 8.67. The Bertz CT molecular complexity index is 946. The number of fused-ring (bicyclic) bond motifs is 1. The van der Waals surface area contributed by atoms with Crippen LogP contribution in [0.5, 0.6) is 0 Å². The summed E-state index contributed by atoms with van der Waals surface area (Å²) in [7, 11) is 0. The molecule has 0 aliphatic rings. The Labute approximate surface area is 125 Å². The molecular formula is C15H11N7. The number of nitrogen functional groups attached to an aromatic ring is 1. The van der Waals surface area contributed by atoms with Crippen LogP contribution in [0.25, 0.3) is 33.5 Å². The molecule has 106 valence electrons. The van der Waals surface area contributed by atoms with Gasteiger partial charge in [-0.3, -0.25) is 5.10 Å². The second-order valence-corrected chi connectivity index (χ2v) is 4.77. The lowest BCUT2D eigenvalue weighted by molar-refractivity contribution is 0.996. The number of anilines is 1. The highest BCUT2D eigenvalue weighted by molar-refractivity contribution is 5.84. The van der Waals surface area contributed by atoms with E-state index in [1.165, 1.54) is 0 Å². The van der Waals surface area contributed by atoms with Gasteiger partial charge in [-0.25, -0.2) is 9.97 Å². The minimum Gasteiger partial charge on any atom is -0.366 e. The van der Waals surface area contributed by atoms with Gasteiger partial charge in [-0.2, -0.15) is 5.10 Å². The van der Waals surface area contributed by atoms with Gasteiger partial charge in [0.05, 0.1) is 6.20 Å². The molecule has 4 aromatic rings. The molecule has 0 aliphatic heterocycles. The van der Waals surface area contributed by atoms with Crippen LogP contribution in [0, 0.1) is 0 Å². The molecular weight excluding hydrogens is 278 g/mol. The van der Waals surface area contributed by atoms with Gasteiger partial charge in [0.1, 0.15) is 11.4 Å². The molecule has 4 rings (SSSR count). The molecule has 0 radical (unpaired) electrons. The Balaban J connectivity index is 1.94. The van der Waals surface area contributed by atoms with Crippen LogP contribution >= 0.6 is 0 Å². The molecule has 0 saturated heterocycles. The van der Waals surface area contributed by atoms with E-state index in [0.717, 1.165) is 22.2 Å². The van der Waals surface area contributed by atoms with E-state index in [1.54, 1.807) is 12.4 Å². The van der Waals surface area contributed by atoms with Crippen LogP contribution in [0.15, 0.2) is 48.8 Å². The number of aromatic nitrogens is 6. The number of nitrogens with two attached hydrogens (primary N) is 1. The molecule has 0 saturated carbocycles. The lowest BCUT2D eigenvalue weighted by atomic mass is 10.1. The first kappa shape index (κ1) is 12.4. The molecule has 0 bridgehead atoms. The predicted octanol–water partition coefficient (Wildman–Crippen LogP) is 2.06. The first-order valence-electron chi connectivity index (χ1n) is 6.66. The second kappa shape index (κ2) is 4.88. The maximum Gasteiger partial charge on any atom is 0.240 e. The smallest absolute Gasteiger partial charge is 0.240 e. The summed E-state index contributed by atoms with van der Waals surface area (Å²) in [6.07, 6.45) is 3.43. The van der Waals surface area contributed by atoms with Gasteiger partial charge in [0, 0.05) is 22.7 Å². The quantitative estimate of drug-likeness (QED) is 0.585. The summed E-state index contributed by atoms with van der Waals surface area (Å²) in [5, 5.41) is 15.8. The van der Waals surface area contributed by atoms with Gasteiger partial charge in [-0.05, 0) is 6.07 Å². The summed E-state index contributed by atoms with van der Waals surface area (Å²) in [6.45, 7) is 0. The number of hydrogen-bond acceptors (Lipinski definition) is 6. The van der Waals surface area contributed by atoms with Crippen LogP contribution in [-0.2, 0) is 0 Å². The summed E-state index contributed by atoms with van der Waals surface area (Å²) >= 11 is 0. The van der Waals surface area contributed by atoms with Crippen molar-refractivity contribution in [3.8, 4) is 22.5 Å². The highest BCUT2D eigenvalue weighted by Crippen LogP contribution is 2.29. The van der Waals surface area contributed by atoms with Crippen molar-refractivity contribution in [1.29, 1.82) is 0 Å². The van der Waals surface area contributed by atoms with Gasteiger partial charge in [0.25, 0.3) is 0 Å². The number of nitrogens with zero attached hydrogens (tertiary/aromatic N) is 5. The Kier molecular flexibility index (Phi) is 2.75. The Morgan fingerprint density at radius 1 is 0.909 bits per heavy atom. The maximum absolute atomic E-state index is 5.70. The minimum absolute atomic E-state index is 0.139. The van der Waals surface area contributed by atoms with Crippen molar-refractivity contribution >= 4 is 17.0 Å². The van der Waals surface area contributed by atoms with Crippen LogP contribution in [-0.4, -0.2) is 30.4 Å².